The van der Waals surface area contributed by atoms with Crippen LogP contribution in [-0.4, -0.2) is 47.0 Å². The molecule has 1 saturated heterocycles. The third-order valence-electron chi connectivity index (χ3n) is 5.49. The molecule has 1 amide bonds. The van der Waals surface area contributed by atoms with Crippen LogP contribution in [0.15, 0.2) is 54.6 Å². The van der Waals surface area contributed by atoms with Gasteiger partial charge >= 0.3 is 0 Å². The summed E-state index contributed by atoms with van der Waals surface area (Å²) >= 11 is 0. The first kappa shape index (κ1) is 19.9. The highest BCUT2D eigenvalue weighted by Crippen LogP contribution is 2.20. The van der Waals surface area contributed by atoms with Gasteiger partial charge in [-0.2, -0.15) is 4.98 Å². The highest BCUT2D eigenvalue weighted by molar-refractivity contribution is 5.94. The van der Waals surface area contributed by atoms with Gasteiger partial charge in [0, 0.05) is 49.2 Å². The average Bonchev–Trinajstić information content (AvgIpc) is 2.75. The van der Waals surface area contributed by atoms with Crippen molar-refractivity contribution in [2.75, 3.05) is 36.4 Å². The molecule has 0 atom stereocenters. The van der Waals surface area contributed by atoms with E-state index in [2.05, 4.69) is 22.1 Å². The number of aryl methyl sites for hydroxylation is 3. The van der Waals surface area contributed by atoms with Crippen molar-refractivity contribution in [3.63, 3.8) is 0 Å². The molecule has 30 heavy (non-hydrogen) atoms. The van der Waals surface area contributed by atoms with E-state index in [4.69, 9.17) is 4.98 Å². The minimum atomic E-state index is 0.0920. The maximum Gasteiger partial charge on any atom is 0.253 e. The molecule has 0 bridgehead atoms. The summed E-state index contributed by atoms with van der Waals surface area (Å²) in [7, 11) is 0. The molecular formula is C24H27N5O. The molecule has 4 rings (SSSR count). The van der Waals surface area contributed by atoms with Gasteiger partial charge in [0.25, 0.3) is 5.91 Å². The normalized spacial score (nSPS) is 14.0. The number of carbonyl (C=O) groups is 1. The number of amides is 1. The molecule has 0 aliphatic carbocycles. The van der Waals surface area contributed by atoms with E-state index < -0.39 is 0 Å². The van der Waals surface area contributed by atoms with Gasteiger partial charge in [-0.05, 0) is 56.2 Å². The zero-order valence-corrected chi connectivity index (χ0v) is 17.7. The van der Waals surface area contributed by atoms with Crippen molar-refractivity contribution in [2.45, 2.75) is 20.8 Å². The van der Waals surface area contributed by atoms with Crippen LogP contribution in [0.1, 0.15) is 27.2 Å². The summed E-state index contributed by atoms with van der Waals surface area (Å²) < 4.78 is 0. The molecule has 1 N–H and O–H groups in total. The summed E-state index contributed by atoms with van der Waals surface area (Å²) in [5.74, 6) is 1.57. The van der Waals surface area contributed by atoms with Crippen LogP contribution in [0.2, 0.25) is 0 Å². The van der Waals surface area contributed by atoms with Crippen molar-refractivity contribution in [3.05, 3.63) is 77.0 Å². The number of carbonyl (C=O) groups excluding carboxylic acids is 1. The fourth-order valence-corrected chi connectivity index (χ4v) is 3.59. The van der Waals surface area contributed by atoms with E-state index in [1.54, 1.807) is 0 Å². The van der Waals surface area contributed by atoms with Crippen molar-refractivity contribution < 1.29 is 4.79 Å². The van der Waals surface area contributed by atoms with Crippen molar-refractivity contribution in [2.24, 2.45) is 0 Å². The van der Waals surface area contributed by atoms with Crippen molar-refractivity contribution in [1.29, 1.82) is 0 Å². The first-order chi connectivity index (χ1) is 14.5. The lowest BCUT2D eigenvalue weighted by molar-refractivity contribution is 0.0746. The number of nitrogens with zero attached hydrogens (tertiary/aromatic N) is 4. The minimum Gasteiger partial charge on any atom is -0.340 e. The van der Waals surface area contributed by atoms with Crippen LogP contribution in [0.5, 0.6) is 0 Å². The lowest BCUT2D eigenvalue weighted by atomic mass is 10.1. The molecule has 6 nitrogen and oxygen atoms in total. The Morgan fingerprint density at radius 2 is 1.60 bits per heavy atom. The van der Waals surface area contributed by atoms with Crippen LogP contribution < -0.4 is 10.2 Å². The van der Waals surface area contributed by atoms with Gasteiger partial charge in [0.15, 0.2) is 0 Å². The Morgan fingerprint density at radius 3 is 2.30 bits per heavy atom. The van der Waals surface area contributed by atoms with Gasteiger partial charge < -0.3 is 15.1 Å². The van der Waals surface area contributed by atoms with Gasteiger partial charge in [-0.25, -0.2) is 4.98 Å². The highest BCUT2D eigenvalue weighted by Gasteiger charge is 2.24. The summed E-state index contributed by atoms with van der Waals surface area (Å²) in [5.41, 5.74) is 5.00. The van der Waals surface area contributed by atoms with Gasteiger partial charge in [0.05, 0.1) is 0 Å². The fourth-order valence-electron chi connectivity index (χ4n) is 3.59. The average molecular weight is 402 g/mol. The van der Waals surface area contributed by atoms with E-state index in [0.717, 1.165) is 28.3 Å². The number of benzene rings is 2. The Morgan fingerprint density at radius 1 is 0.867 bits per heavy atom. The quantitative estimate of drug-likeness (QED) is 0.713. The Labute approximate surface area is 177 Å². The molecule has 1 aliphatic rings. The molecule has 0 unspecified atom stereocenters. The highest BCUT2D eigenvalue weighted by atomic mass is 16.2. The molecule has 3 aromatic rings. The fraction of sp³-hybridized carbons (Fsp3) is 0.292. The van der Waals surface area contributed by atoms with Gasteiger partial charge in [0.2, 0.25) is 5.95 Å². The van der Waals surface area contributed by atoms with Crippen molar-refractivity contribution in [3.8, 4) is 0 Å². The summed E-state index contributed by atoms with van der Waals surface area (Å²) in [4.78, 5) is 26.3. The van der Waals surface area contributed by atoms with Crippen LogP contribution in [0.4, 0.5) is 17.5 Å². The van der Waals surface area contributed by atoms with Crippen LogP contribution in [0, 0.1) is 20.8 Å². The lowest BCUT2D eigenvalue weighted by Crippen LogP contribution is -2.49. The SMILES string of the molecule is Cc1cc(Nc2ccccc2)nc(N2CCN(C(=O)c3ccc(C)c(C)c3)CC2)n1. The third kappa shape index (κ3) is 4.43. The standard InChI is InChI=1S/C24H27N5O/c1-17-9-10-20(15-18(17)2)23(30)28-11-13-29(14-12-28)24-25-19(3)16-22(27-24)26-21-7-5-4-6-8-21/h4-10,15-16H,11-14H2,1-3H3,(H,25,26,27). The molecule has 1 aliphatic heterocycles. The van der Waals surface area contributed by atoms with Crippen molar-refractivity contribution in [1.82, 2.24) is 14.9 Å². The number of nitrogens with one attached hydrogen (secondary N) is 1. The summed E-state index contributed by atoms with van der Waals surface area (Å²) in [6.45, 7) is 8.82. The van der Waals surface area contributed by atoms with Gasteiger partial charge in [0.1, 0.15) is 5.82 Å². The largest absolute Gasteiger partial charge is 0.340 e. The first-order valence-electron chi connectivity index (χ1n) is 10.3. The van der Waals surface area contributed by atoms with E-state index >= 15 is 0 Å². The maximum absolute atomic E-state index is 12.9. The Kier molecular flexibility index (Phi) is 5.65. The second-order valence-electron chi connectivity index (χ2n) is 7.76. The molecule has 2 aromatic carbocycles. The Hall–Kier alpha value is -3.41. The number of hydrogen-bond acceptors (Lipinski definition) is 5. The number of anilines is 3. The van der Waals surface area contributed by atoms with E-state index in [-0.39, 0.29) is 5.91 Å². The summed E-state index contributed by atoms with van der Waals surface area (Å²) in [6.07, 6.45) is 0. The van der Waals surface area contributed by atoms with Crippen molar-refractivity contribution >= 4 is 23.4 Å². The lowest BCUT2D eigenvalue weighted by Gasteiger charge is -2.35. The molecule has 1 aromatic heterocycles. The first-order valence-corrected chi connectivity index (χ1v) is 10.3. The van der Waals surface area contributed by atoms with Crippen LogP contribution >= 0.6 is 0 Å². The van der Waals surface area contributed by atoms with Gasteiger partial charge in [-0.3, -0.25) is 4.79 Å². The molecule has 154 valence electrons. The van der Waals surface area contributed by atoms with Crippen LogP contribution in [0.3, 0.4) is 0 Å². The van der Waals surface area contributed by atoms with E-state index in [0.29, 0.717) is 32.1 Å². The maximum atomic E-state index is 12.9. The monoisotopic (exact) mass is 401 g/mol. The third-order valence-corrected chi connectivity index (χ3v) is 5.49. The Balaban J connectivity index is 1.43. The second-order valence-corrected chi connectivity index (χ2v) is 7.76. The number of para-hydroxylation sites is 1. The minimum absolute atomic E-state index is 0.0920. The molecule has 6 heteroatoms. The number of rotatable bonds is 4. The second kappa shape index (κ2) is 8.53. The zero-order valence-electron chi connectivity index (χ0n) is 17.7. The number of piperazine rings is 1. The topological polar surface area (TPSA) is 61.4 Å². The summed E-state index contributed by atoms with van der Waals surface area (Å²) in [6, 6.07) is 17.8. The van der Waals surface area contributed by atoms with Crippen LogP contribution in [0.25, 0.3) is 0 Å². The molecule has 2 heterocycles. The molecule has 0 spiro atoms. The Bertz CT molecular complexity index is 1040. The van der Waals surface area contributed by atoms with Crippen LogP contribution in [-0.2, 0) is 0 Å². The molecular weight excluding hydrogens is 374 g/mol. The van der Waals surface area contributed by atoms with E-state index in [1.807, 2.05) is 73.3 Å². The smallest absolute Gasteiger partial charge is 0.253 e. The molecule has 0 radical (unpaired) electrons. The molecule has 0 saturated carbocycles. The number of aromatic nitrogens is 2. The van der Waals surface area contributed by atoms with E-state index in [1.165, 1.54) is 5.56 Å². The van der Waals surface area contributed by atoms with E-state index in [9.17, 15) is 4.79 Å². The molecule has 1 fully saturated rings. The van der Waals surface area contributed by atoms with Gasteiger partial charge in [-0.1, -0.05) is 24.3 Å². The zero-order chi connectivity index (χ0) is 21.1. The summed E-state index contributed by atoms with van der Waals surface area (Å²) in [5, 5.41) is 3.34. The predicted octanol–water partition coefficient (Wildman–Crippen LogP) is 4.11. The number of hydrogen-bond donors (Lipinski definition) is 1. The predicted molar refractivity (Wildman–Crippen MR) is 121 cm³/mol. The van der Waals surface area contributed by atoms with Gasteiger partial charge in [-0.15, -0.1) is 0 Å².